The summed E-state index contributed by atoms with van der Waals surface area (Å²) in [6, 6.07) is 6.70. The molecule has 0 amide bonds. The van der Waals surface area contributed by atoms with Crippen LogP contribution in [-0.4, -0.2) is 16.1 Å². The molecule has 2 aliphatic carbocycles. The number of nitrogens with zero attached hydrogens (tertiary/aromatic N) is 2. The fourth-order valence-corrected chi connectivity index (χ4v) is 4.03. The first kappa shape index (κ1) is 13.6. The monoisotopic (exact) mass is 303 g/mol. The Morgan fingerprint density at radius 2 is 1.90 bits per heavy atom. The fraction of sp³-hybridized carbons (Fsp3) is 0.588. The molecule has 2 N–H and O–H groups in total. The molecule has 1 aromatic carbocycles. The Balaban J connectivity index is 1.75. The molecule has 1 aromatic heterocycles. The van der Waals surface area contributed by atoms with Gasteiger partial charge in [-0.15, -0.1) is 0 Å². The minimum atomic E-state index is 0.580. The maximum atomic E-state index is 6.45. The van der Waals surface area contributed by atoms with E-state index < -0.39 is 0 Å². The average molecular weight is 304 g/mol. The van der Waals surface area contributed by atoms with E-state index in [1.807, 2.05) is 12.1 Å². The number of nitrogens with two attached hydrogens (primary N) is 1. The van der Waals surface area contributed by atoms with Crippen LogP contribution in [0.25, 0.3) is 11.0 Å². The zero-order chi connectivity index (χ0) is 14.4. The third kappa shape index (κ3) is 2.36. The van der Waals surface area contributed by atoms with E-state index in [1.165, 1.54) is 44.3 Å². The number of benzene rings is 1. The predicted octanol–water partition coefficient (Wildman–Crippen LogP) is 4.26. The smallest absolute Gasteiger partial charge is 0.113 e. The molecule has 0 spiro atoms. The third-order valence-electron chi connectivity index (χ3n) is 5.15. The van der Waals surface area contributed by atoms with E-state index in [4.69, 9.17) is 22.3 Å². The van der Waals surface area contributed by atoms with Gasteiger partial charge in [-0.1, -0.05) is 17.7 Å². The summed E-state index contributed by atoms with van der Waals surface area (Å²) in [6.07, 6.45) is 7.44. The minimum Gasteiger partial charge on any atom is -0.330 e. The third-order valence-corrected chi connectivity index (χ3v) is 5.45. The van der Waals surface area contributed by atoms with Gasteiger partial charge in [0.25, 0.3) is 0 Å². The number of para-hydroxylation sites is 1. The summed E-state index contributed by atoms with van der Waals surface area (Å²) in [7, 11) is 0. The summed E-state index contributed by atoms with van der Waals surface area (Å²) in [5.41, 5.74) is 8.03. The summed E-state index contributed by atoms with van der Waals surface area (Å²) in [6.45, 7) is 0.831. The van der Waals surface area contributed by atoms with Crippen LogP contribution in [-0.2, 0) is 0 Å². The number of halogens is 1. The number of hydrogen-bond donors (Lipinski definition) is 1. The van der Waals surface area contributed by atoms with E-state index in [9.17, 15) is 0 Å². The Morgan fingerprint density at radius 3 is 2.57 bits per heavy atom. The van der Waals surface area contributed by atoms with Gasteiger partial charge in [0.2, 0.25) is 0 Å². The van der Waals surface area contributed by atoms with E-state index >= 15 is 0 Å². The predicted molar refractivity (Wildman–Crippen MR) is 86.8 cm³/mol. The summed E-state index contributed by atoms with van der Waals surface area (Å²) in [5.74, 6) is 2.57. The van der Waals surface area contributed by atoms with Crippen molar-refractivity contribution in [3.8, 4) is 0 Å². The maximum absolute atomic E-state index is 6.45. The van der Waals surface area contributed by atoms with Gasteiger partial charge in [0.1, 0.15) is 5.82 Å². The molecule has 2 aromatic rings. The molecule has 0 radical (unpaired) electrons. The first-order chi connectivity index (χ1) is 10.3. The molecule has 0 saturated heterocycles. The molecule has 0 aliphatic heterocycles. The van der Waals surface area contributed by atoms with Crippen molar-refractivity contribution in [3.05, 3.63) is 29.0 Å². The SMILES string of the molecule is NCC1CCC(c2nc3cccc(Cl)c3n2C2CC2)CC1. The maximum Gasteiger partial charge on any atom is 0.113 e. The molecule has 4 heteroatoms. The quantitative estimate of drug-likeness (QED) is 0.921. The van der Waals surface area contributed by atoms with Crippen molar-refractivity contribution in [3.63, 3.8) is 0 Å². The van der Waals surface area contributed by atoms with Gasteiger partial charge in [0.15, 0.2) is 0 Å². The Morgan fingerprint density at radius 1 is 1.14 bits per heavy atom. The zero-order valence-electron chi connectivity index (χ0n) is 12.3. The van der Waals surface area contributed by atoms with E-state index in [-0.39, 0.29) is 0 Å². The number of imidazole rings is 1. The fourth-order valence-electron chi connectivity index (χ4n) is 3.77. The highest BCUT2D eigenvalue weighted by atomic mass is 35.5. The summed E-state index contributed by atoms with van der Waals surface area (Å²) in [5, 5.41) is 0.841. The molecule has 3 nitrogen and oxygen atoms in total. The molecule has 21 heavy (non-hydrogen) atoms. The van der Waals surface area contributed by atoms with Crippen molar-refractivity contribution in [1.82, 2.24) is 9.55 Å². The first-order valence-corrected chi connectivity index (χ1v) is 8.52. The molecule has 1 heterocycles. The Hall–Kier alpha value is -1.06. The topological polar surface area (TPSA) is 43.8 Å². The second-order valence-electron chi connectivity index (χ2n) is 6.63. The average Bonchev–Trinajstić information content (AvgIpc) is 3.28. The van der Waals surface area contributed by atoms with Crippen LogP contribution in [0.1, 0.15) is 56.3 Å². The van der Waals surface area contributed by atoms with Gasteiger partial charge in [0, 0.05) is 12.0 Å². The summed E-state index contributed by atoms with van der Waals surface area (Å²) in [4.78, 5) is 4.96. The van der Waals surface area contributed by atoms with E-state index in [1.54, 1.807) is 0 Å². The van der Waals surface area contributed by atoms with Gasteiger partial charge < -0.3 is 10.3 Å². The second kappa shape index (κ2) is 5.29. The van der Waals surface area contributed by atoms with Crippen LogP contribution in [0.3, 0.4) is 0 Å². The lowest BCUT2D eigenvalue weighted by Gasteiger charge is -2.27. The van der Waals surface area contributed by atoms with Crippen molar-refractivity contribution < 1.29 is 0 Å². The molecular formula is C17H22ClN3. The van der Waals surface area contributed by atoms with Crippen LogP contribution >= 0.6 is 11.6 Å². The molecule has 2 fully saturated rings. The first-order valence-electron chi connectivity index (χ1n) is 8.14. The molecule has 2 aliphatic rings. The van der Waals surface area contributed by atoms with Crippen molar-refractivity contribution in [2.75, 3.05) is 6.54 Å². The van der Waals surface area contributed by atoms with Crippen molar-refractivity contribution in [2.24, 2.45) is 11.7 Å². The lowest BCUT2D eigenvalue weighted by Crippen LogP contribution is -2.22. The summed E-state index contributed by atoms with van der Waals surface area (Å²) >= 11 is 6.45. The molecule has 0 bridgehead atoms. The Kier molecular flexibility index (Phi) is 3.43. The number of hydrogen-bond acceptors (Lipinski definition) is 2. The normalized spacial score (nSPS) is 26.4. The van der Waals surface area contributed by atoms with Crippen LogP contribution < -0.4 is 5.73 Å². The van der Waals surface area contributed by atoms with Crippen LogP contribution in [0, 0.1) is 5.92 Å². The molecule has 0 unspecified atom stereocenters. The molecule has 0 atom stereocenters. The zero-order valence-corrected chi connectivity index (χ0v) is 13.0. The van der Waals surface area contributed by atoms with Gasteiger partial charge in [-0.3, -0.25) is 0 Å². The van der Waals surface area contributed by atoms with Crippen molar-refractivity contribution in [1.29, 1.82) is 0 Å². The number of aromatic nitrogens is 2. The molecule has 2 saturated carbocycles. The Bertz CT molecular complexity index is 651. The molecule has 112 valence electrons. The van der Waals surface area contributed by atoms with Crippen molar-refractivity contribution >= 4 is 22.6 Å². The van der Waals surface area contributed by atoms with E-state index in [0.29, 0.717) is 17.9 Å². The largest absolute Gasteiger partial charge is 0.330 e. The minimum absolute atomic E-state index is 0.580. The Labute approximate surface area is 130 Å². The highest BCUT2D eigenvalue weighted by Gasteiger charge is 2.33. The van der Waals surface area contributed by atoms with Crippen LogP contribution in [0.4, 0.5) is 0 Å². The highest BCUT2D eigenvalue weighted by molar-refractivity contribution is 6.35. The van der Waals surface area contributed by atoms with E-state index in [0.717, 1.165) is 22.6 Å². The van der Waals surface area contributed by atoms with Crippen molar-refractivity contribution in [2.45, 2.75) is 50.5 Å². The van der Waals surface area contributed by atoms with Crippen LogP contribution in [0.15, 0.2) is 18.2 Å². The number of fused-ring (bicyclic) bond motifs is 1. The standard InChI is InChI=1S/C17H22ClN3/c18-14-2-1-3-15-16(14)21(13-8-9-13)17(20-15)12-6-4-11(10-19)5-7-12/h1-3,11-13H,4-10,19H2. The molecule has 4 rings (SSSR count). The van der Waals surface area contributed by atoms with Gasteiger partial charge in [-0.2, -0.15) is 0 Å². The molecular weight excluding hydrogens is 282 g/mol. The number of rotatable bonds is 3. The van der Waals surface area contributed by atoms with Gasteiger partial charge in [-0.05, 0) is 63.1 Å². The summed E-state index contributed by atoms with van der Waals surface area (Å²) < 4.78 is 2.45. The van der Waals surface area contributed by atoms with Gasteiger partial charge in [-0.25, -0.2) is 4.98 Å². The lowest BCUT2D eigenvalue weighted by molar-refractivity contribution is 0.321. The van der Waals surface area contributed by atoms with E-state index in [2.05, 4.69) is 10.6 Å². The highest BCUT2D eigenvalue weighted by Crippen LogP contribution is 2.44. The second-order valence-corrected chi connectivity index (χ2v) is 7.04. The van der Waals surface area contributed by atoms with Gasteiger partial charge >= 0.3 is 0 Å². The lowest BCUT2D eigenvalue weighted by atomic mass is 9.81. The van der Waals surface area contributed by atoms with Crippen LogP contribution in [0.5, 0.6) is 0 Å². The van der Waals surface area contributed by atoms with Gasteiger partial charge in [0.05, 0.1) is 16.1 Å². The van der Waals surface area contributed by atoms with Crippen LogP contribution in [0.2, 0.25) is 5.02 Å².